The molecule has 1 unspecified atom stereocenters. The van der Waals surface area contributed by atoms with Crippen LogP contribution in [0.4, 0.5) is 0 Å². The molecule has 3 aliphatic rings. The number of para-hydroxylation sites is 1. The van der Waals surface area contributed by atoms with Crippen molar-refractivity contribution in [1.82, 2.24) is 5.32 Å². The summed E-state index contributed by atoms with van der Waals surface area (Å²) in [6.45, 7) is 4.74. The third kappa shape index (κ3) is 1.69. The van der Waals surface area contributed by atoms with E-state index >= 15 is 0 Å². The van der Waals surface area contributed by atoms with Crippen molar-refractivity contribution >= 4 is 17.0 Å². The van der Waals surface area contributed by atoms with Crippen molar-refractivity contribution in [2.45, 2.75) is 38.6 Å². The molecule has 2 nitrogen and oxygen atoms in total. The quantitative estimate of drug-likeness (QED) is 0.728. The first-order chi connectivity index (χ1) is 11.2. The third-order valence-corrected chi connectivity index (χ3v) is 5.72. The first-order valence-electron chi connectivity index (χ1n) is 8.53. The van der Waals surface area contributed by atoms with Gasteiger partial charge < -0.3 is 9.73 Å². The Labute approximate surface area is 136 Å². The van der Waals surface area contributed by atoms with Crippen molar-refractivity contribution in [1.29, 1.82) is 0 Å². The Bertz CT molecular complexity index is 894. The molecule has 0 radical (unpaired) electrons. The Balaban J connectivity index is 1.74. The predicted molar refractivity (Wildman–Crippen MR) is 94.1 cm³/mol. The number of rotatable bonds is 0. The molecule has 1 aromatic heterocycles. The van der Waals surface area contributed by atoms with Gasteiger partial charge in [-0.25, -0.2) is 0 Å². The van der Waals surface area contributed by atoms with Gasteiger partial charge in [0.1, 0.15) is 11.3 Å². The van der Waals surface area contributed by atoms with E-state index in [1.54, 1.807) is 0 Å². The Hall–Kier alpha value is -2.22. The molecule has 2 atom stereocenters. The van der Waals surface area contributed by atoms with Crippen molar-refractivity contribution in [2.75, 3.05) is 0 Å². The highest BCUT2D eigenvalue weighted by atomic mass is 16.3. The van der Waals surface area contributed by atoms with Crippen LogP contribution < -0.4 is 5.32 Å². The molecule has 1 N–H and O–H groups in total. The molecule has 1 aromatic carbocycles. The average Bonchev–Trinajstić information content (AvgIpc) is 2.93. The number of fused-ring (bicyclic) bond motifs is 6. The SMILES string of the molecule is CC1(C)C2=CCCC=C2N[C@H]2C=Cc3c(oc4ccccc34)C21. The highest BCUT2D eigenvalue weighted by Crippen LogP contribution is 2.54. The van der Waals surface area contributed by atoms with Crippen molar-refractivity contribution in [3.05, 3.63) is 65.1 Å². The molecule has 2 heterocycles. The van der Waals surface area contributed by atoms with Gasteiger partial charge in [-0.1, -0.05) is 56.4 Å². The molecule has 1 saturated heterocycles. The molecule has 0 amide bonds. The molecule has 2 heteroatoms. The van der Waals surface area contributed by atoms with E-state index in [9.17, 15) is 0 Å². The lowest BCUT2D eigenvalue weighted by Gasteiger charge is -2.48. The summed E-state index contributed by atoms with van der Waals surface area (Å²) in [4.78, 5) is 0. The van der Waals surface area contributed by atoms with Crippen LogP contribution in [0, 0.1) is 5.41 Å². The van der Waals surface area contributed by atoms with E-state index in [0.717, 1.165) is 24.2 Å². The first kappa shape index (κ1) is 13.2. The van der Waals surface area contributed by atoms with Gasteiger partial charge in [0.15, 0.2) is 0 Å². The van der Waals surface area contributed by atoms with Crippen molar-refractivity contribution in [2.24, 2.45) is 5.41 Å². The fourth-order valence-corrected chi connectivity index (χ4v) is 4.64. The number of nitrogens with one attached hydrogen (secondary N) is 1. The zero-order valence-corrected chi connectivity index (χ0v) is 13.6. The van der Waals surface area contributed by atoms with E-state index in [0.29, 0.717) is 12.0 Å². The zero-order valence-electron chi connectivity index (χ0n) is 13.6. The van der Waals surface area contributed by atoms with Crippen molar-refractivity contribution in [3.63, 3.8) is 0 Å². The summed E-state index contributed by atoms with van der Waals surface area (Å²) < 4.78 is 6.34. The highest BCUT2D eigenvalue weighted by molar-refractivity contribution is 5.89. The number of hydrogen-bond donors (Lipinski definition) is 1. The Morgan fingerprint density at radius 1 is 1.13 bits per heavy atom. The molecule has 0 saturated carbocycles. The van der Waals surface area contributed by atoms with Crippen LogP contribution >= 0.6 is 0 Å². The Morgan fingerprint density at radius 2 is 1.96 bits per heavy atom. The zero-order chi connectivity index (χ0) is 15.6. The summed E-state index contributed by atoms with van der Waals surface area (Å²) in [7, 11) is 0. The minimum Gasteiger partial charge on any atom is -0.460 e. The normalized spacial score (nSPS) is 27.4. The van der Waals surface area contributed by atoms with Crippen molar-refractivity contribution < 1.29 is 4.42 Å². The monoisotopic (exact) mass is 303 g/mol. The number of benzene rings is 1. The lowest BCUT2D eigenvalue weighted by atomic mass is 9.62. The topological polar surface area (TPSA) is 25.2 Å². The van der Waals surface area contributed by atoms with E-state index in [1.165, 1.54) is 22.2 Å². The number of hydrogen-bond acceptors (Lipinski definition) is 2. The standard InChI is InChI=1S/C21H21NO/c1-21(2)15-8-4-5-9-16(15)22-17-12-11-14-13-7-3-6-10-18(13)23-20(14)19(17)21/h3,6-12,17,19,22H,4-5H2,1-2H3/t17-,19?/m0/s1. The van der Waals surface area contributed by atoms with Crippen LogP contribution in [0.1, 0.15) is 43.9 Å². The van der Waals surface area contributed by atoms with Gasteiger partial charge in [0.2, 0.25) is 0 Å². The summed E-state index contributed by atoms with van der Waals surface area (Å²) in [6, 6.07) is 8.68. The van der Waals surface area contributed by atoms with Gasteiger partial charge in [0.05, 0.1) is 12.0 Å². The summed E-state index contributed by atoms with van der Waals surface area (Å²) in [6.07, 6.45) is 11.6. The third-order valence-electron chi connectivity index (χ3n) is 5.72. The highest BCUT2D eigenvalue weighted by Gasteiger charge is 2.48. The first-order valence-corrected chi connectivity index (χ1v) is 8.53. The molecule has 116 valence electrons. The molecule has 23 heavy (non-hydrogen) atoms. The Kier molecular flexibility index (Phi) is 2.54. The van der Waals surface area contributed by atoms with Crippen LogP contribution in [0.3, 0.4) is 0 Å². The lowest BCUT2D eigenvalue weighted by molar-refractivity contribution is 0.244. The van der Waals surface area contributed by atoms with Crippen LogP contribution in [0.25, 0.3) is 17.0 Å². The molecule has 5 rings (SSSR count). The van der Waals surface area contributed by atoms with E-state index in [1.807, 2.05) is 6.07 Å². The number of piperidine rings is 1. The summed E-state index contributed by atoms with van der Waals surface area (Å²) in [5, 5.41) is 4.97. The van der Waals surface area contributed by atoms with Crippen LogP contribution in [0.5, 0.6) is 0 Å². The fraction of sp³-hybridized carbons (Fsp3) is 0.333. The van der Waals surface area contributed by atoms with Gasteiger partial charge >= 0.3 is 0 Å². The predicted octanol–water partition coefficient (Wildman–Crippen LogP) is 5.15. The maximum Gasteiger partial charge on any atom is 0.134 e. The second kappa shape index (κ2) is 4.41. The van der Waals surface area contributed by atoms with E-state index < -0.39 is 0 Å². The smallest absolute Gasteiger partial charge is 0.134 e. The largest absolute Gasteiger partial charge is 0.460 e. The minimum absolute atomic E-state index is 0.0650. The van der Waals surface area contributed by atoms with Gasteiger partial charge in [0.25, 0.3) is 0 Å². The molecule has 0 bridgehead atoms. The fourth-order valence-electron chi connectivity index (χ4n) is 4.64. The van der Waals surface area contributed by atoms with E-state index in [2.05, 4.69) is 61.7 Å². The van der Waals surface area contributed by atoms with Crippen LogP contribution in [-0.2, 0) is 0 Å². The van der Waals surface area contributed by atoms with Crippen LogP contribution in [-0.4, -0.2) is 6.04 Å². The summed E-state index contributed by atoms with van der Waals surface area (Å²) in [5.74, 6) is 1.47. The molecule has 1 fully saturated rings. The maximum atomic E-state index is 6.34. The number of allylic oxidation sites excluding steroid dienone is 3. The van der Waals surface area contributed by atoms with Crippen LogP contribution in [0.2, 0.25) is 0 Å². The molecule has 2 aromatic rings. The van der Waals surface area contributed by atoms with Gasteiger partial charge in [-0.2, -0.15) is 0 Å². The van der Waals surface area contributed by atoms with Gasteiger partial charge in [0, 0.05) is 22.1 Å². The van der Waals surface area contributed by atoms with Gasteiger partial charge in [-0.05, 0) is 24.5 Å². The van der Waals surface area contributed by atoms with Gasteiger partial charge in [-0.3, -0.25) is 0 Å². The second-order valence-corrected chi connectivity index (χ2v) is 7.42. The molecule has 2 aliphatic carbocycles. The van der Waals surface area contributed by atoms with E-state index in [-0.39, 0.29) is 5.41 Å². The molecule has 1 aliphatic heterocycles. The summed E-state index contributed by atoms with van der Waals surface area (Å²) >= 11 is 0. The number of furan rings is 1. The second-order valence-electron chi connectivity index (χ2n) is 7.42. The Morgan fingerprint density at radius 3 is 2.87 bits per heavy atom. The van der Waals surface area contributed by atoms with Crippen molar-refractivity contribution in [3.8, 4) is 0 Å². The molecular formula is C21H21NO. The lowest BCUT2D eigenvalue weighted by Crippen LogP contribution is -2.49. The van der Waals surface area contributed by atoms with Crippen LogP contribution in [0.15, 0.2) is 58.2 Å². The van der Waals surface area contributed by atoms with E-state index in [4.69, 9.17) is 4.42 Å². The maximum absolute atomic E-state index is 6.34. The molecular weight excluding hydrogens is 282 g/mol. The summed E-state index contributed by atoms with van der Waals surface area (Å²) in [5.41, 5.74) is 5.10. The average molecular weight is 303 g/mol. The minimum atomic E-state index is 0.0650. The molecule has 0 spiro atoms. The van der Waals surface area contributed by atoms with Gasteiger partial charge in [-0.15, -0.1) is 0 Å².